The molecule has 108 valence electrons. The summed E-state index contributed by atoms with van der Waals surface area (Å²) in [5.74, 6) is 0.876. The average molecular weight is 410 g/mol. The van der Waals surface area contributed by atoms with Gasteiger partial charge in [-0.25, -0.2) is 15.3 Å². The van der Waals surface area contributed by atoms with Gasteiger partial charge in [-0.15, -0.1) is 0 Å². The molecule has 0 aliphatic carbocycles. The van der Waals surface area contributed by atoms with Gasteiger partial charge in [-0.2, -0.15) is 0 Å². The zero-order chi connectivity index (χ0) is 14.8. The van der Waals surface area contributed by atoms with Gasteiger partial charge in [0, 0.05) is 9.32 Å². The van der Waals surface area contributed by atoms with Crippen LogP contribution in [-0.4, -0.2) is 0 Å². The first-order chi connectivity index (χ1) is 10.1. The summed E-state index contributed by atoms with van der Waals surface area (Å²) in [5, 5.41) is 2.30. The summed E-state index contributed by atoms with van der Waals surface area (Å²) in [4.78, 5) is 1.34. The highest BCUT2D eigenvalue weighted by Crippen LogP contribution is 2.49. The number of benzene rings is 2. The van der Waals surface area contributed by atoms with Gasteiger partial charge in [0.2, 0.25) is 0 Å². The lowest BCUT2D eigenvalue weighted by Gasteiger charge is -2.20. The topological polar surface area (TPSA) is 0 Å². The highest BCUT2D eigenvalue weighted by molar-refractivity contribution is 14.1. The lowest BCUT2D eigenvalue weighted by Crippen LogP contribution is -1.92. The molecular weight excluding hydrogens is 394 g/mol. The highest BCUT2D eigenvalue weighted by atomic mass is 127. The van der Waals surface area contributed by atoms with E-state index in [2.05, 4.69) is 65.3 Å². The van der Waals surface area contributed by atoms with Crippen LogP contribution in [-0.2, 0) is 5.75 Å². The summed E-state index contributed by atoms with van der Waals surface area (Å²) in [5.41, 5.74) is 3.89. The van der Waals surface area contributed by atoms with Crippen molar-refractivity contribution in [2.45, 2.75) is 12.7 Å². The zero-order valence-electron chi connectivity index (χ0n) is 11.7. The van der Waals surface area contributed by atoms with E-state index in [9.17, 15) is 4.39 Å². The Morgan fingerprint density at radius 1 is 1.10 bits per heavy atom. The van der Waals surface area contributed by atoms with Crippen LogP contribution in [0.5, 0.6) is 0 Å². The SMILES string of the molecule is Cc1ccc(I)cc1C[SH]1C=CC=C1c1ccc(F)cc1. The highest BCUT2D eigenvalue weighted by Gasteiger charge is 2.15. The minimum absolute atomic E-state index is 0.178. The fourth-order valence-electron chi connectivity index (χ4n) is 2.43. The molecule has 0 radical (unpaired) electrons. The lowest BCUT2D eigenvalue weighted by molar-refractivity contribution is 0.627. The lowest BCUT2D eigenvalue weighted by atomic mass is 10.1. The molecule has 0 saturated heterocycles. The fraction of sp³-hybridized carbons (Fsp3) is 0.111. The van der Waals surface area contributed by atoms with Crippen molar-refractivity contribution in [3.05, 3.63) is 86.1 Å². The van der Waals surface area contributed by atoms with E-state index in [0.29, 0.717) is 0 Å². The standard InChI is InChI=1S/C18H16FIS/c1-13-4-9-17(20)11-15(13)12-21-10-2-3-18(21)14-5-7-16(19)8-6-14/h2-11,21H,12H2,1H3. The monoisotopic (exact) mass is 410 g/mol. The molecule has 0 fully saturated rings. The van der Waals surface area contributed by atoms with E-state index in [-0.39, 0.29) is 16.7 Å². The molecule has 1 aliphatic heterocycles. The van der Waals surface area contributed by atoms with E-state index >= 15 is 0 Å². The van der Waals surface area contributed by atoms with Gasteiger partial charge in [-0.3, -0.25) is 0 Å². The smallest absolute Gasteiger partial charge is 0.123 e. The molecule has 3 rings (SSSR count). The minimum Gasteiger partial charge on any atom is -0.207 e. The minimum atomic E-state index is -0.345. The van der Waals surface area contributed by atoms with Crippen LogP contribution in [0.15, 0.2) is 60.0 Å². The van der Waals surface area contributed by atoms with Gasteiger partial charge in [0.1, 0.15) is 5.82 Å². The maximum absolute atomic E-state index is 13.1. The number of allylic oxidation sites excluding steroid dienone is 2. The number of halogens is 2. The van der Waals surface area contributed by atoms with E-state index in [1.165, 1.54) is 19.6 Å². The first-order valence-corrected chi connectivity index (χ1v) is 9.47. The molecule has 2 aromatic carbocycles. The van der Waals surface area contributed by atoms with Gasteiger partial charge in [0.05, 0.1) is 0 Å². The fourth-order valence-corrected chi connectivity index (χ4v) is 5.18. The van der Waals surface area contributed by atoms with Crippen molar-refractivity contribution in [2.75, 3.05) is 0 Å². The third-order valence-corrected chi connectivity index (χ3v) is 6.53. The van der Waals surface area contributed by atoms with E-state index in [1.807, 2.05) is 12.1 Å². The van der Waals surface area contributed by atoms with Crippen molar-refractivity contribution in [1.82, 2.24) is 0 Å². The number of hydrogen-bond donors (Lipinski definition) is 1. The molecule has 0 aromatic heterocycles. The molecule has 0 amide bonds. The molecule has 0 saturated carbocycles. The summed E-state index contributed by atoms with van der Waals surface area (Å²) in [6.07, 6.45) is 4.30. The van der Waals surface area contributed by atoms with E-state index in [0.717, 1.165) is 11.3 Å². The van der Waals surface area contributed by atoms with Crippen molar-refractivity contribution in [3.8, 4) is 0 Å². The van der Waals surface area contributed by atoms with Crippen molar-refractivity contribution < 1.29 is 4.39 Å². The molecular formula is C18H16FIS. The van der Waals surface area contributed by atoms with Crippen LogP contribution in [0.25, 0.3) is 4.91 Å². The van der Waals surface area contributed by atoms with Crippen LogP contribution in [0.2, 0.25) is 0 Å². The van der Waals surface area contributed by atoms with E-state index in [4.69, 9.17) is 0 Å². The first-order valence-electron chi connectivity index (χ1n) is 6.79. The van der Waals surface area contributed by atoms with Gasteiger partial charge >= 0.3 is 0 Å². The Bertz CT molecular complexity index is 716. The van der Waals surface area contributed by atoms with Crippen LogP contribution >= 0.6 is 33.5 Å². The van der Waals surface area contributed by atoms with Crippen LogP contribution in [0.4, 0.5) is 4.39 Å². The predicted octanol–water partition coefficient (Wildman–Crippen LogP) is 5.81. The number of thiol groups is 1. The molecule has 2 aromatic rings. The van der Waals surface area contributed by atoms with Gasteiger partial charge < -0.3 is 0 Å². The zero-order valence-corrected chi connectivity index (χ0v) is 14.7. The Labute approximate surface area is 141 Å². The third-order valence-electron chi connectivity index (χ3n) is 3.62. The molecule has 1 atom stereocenters. The Morgan fingerprint density at radius 2 is 1.86 bits per heavy atom. The first kappa shape index (κ1) is 14.9. The van der Waals surface area contributed by atoms with Crippen molar-refractivity contribution in [1.29, 1.82) is 0 Å². The maximum Gasteiger partial charge on any atom is 0.123 e. The molecule has 3 heteroatoms. The molecule has 1 heterocycles. The van der Waals surface area contributed by atoms with Gasteiger partial charge in [0.15, 0.2) is 0 Å². The molecule has 0 spiro atoms. The van der Waals surface area contributed by atoms with Gasteiger partial charge in [0.25, 0.3) is 0 Å². The number of hydrogen-bond acceptors (Lipinski definition) is 0. The largest absolute Gasteiger partial charge is 0.207 e. The van der Waals surface area contributed by atoms with Gasteiger partial charge in [-0.1, -0.05) is 24.3 Å². The second-order valence-electron chi connectivity index (χ2n) is 5.10. The maximum atomic E-state index is 13.1. The Kier molecular flexibility index (Phi) is 4.50. The summed E-state index contributed by atoms with van der Waals surface area (Å²) in [7, 11) is -0.345. The summed E-state index contributed by atoms with van der Waals surface area (Å²) < 4.78 is 14.4. The summed E-state index contributed by atoms with van der Waals surface area (Å²) in [6.45, 7) is 2.17. The van der Waals surface area contributed by atoms with Crippen molar-refractivity contribution in [2.24, 2.45) is 0 Å². The number of aryl methyl sites for hydroxylation is 1. The van der Waals surface area contributed by atoms with Crippen LogP contribution in [0.3, 0.4) is 0 Å². The molecule has 0 nitrogen and oxygen atoms in total. The van der Waals surface area contributed by atoms with Crippen LogP contribution < -0.4 is 0 Å². The van der Waals surface area contributed by atoms with Crippen molar-refractivity contribution >= 4 is 38.4 Å². The van der Waals surface area contributed by atoms with E-state index < -0.39 is 0 Å². The summed E-state index contributed by atoms with van der Waals surface area (Å²) >= 11 is 2.36. The third kappa shape index (κ3) is 3.40. The Hall–Kier alpha value is -1.07. The van der Waals surface area contributed by atoms with Crippen LogP contribution in [0, 0.1) is 16.3 Å². The average Bonchev–Trinajstić information content (AvgIpc) is 2.92. The molecule has 0 N–H and O–H groups in total. The quantitative estimate of drug-likeness (QED) is 0.479. The van der Waals surface area contributed by atoms with E-state index in [1.54, 1.807) is 12.1 Å². The molecule has 21 heavy (non-hydrogen) atoms. The molecule has 0 bridgehead atoms. The molecule has 1 unspecified atom stereocenters. The van der Waals surface area contributed by atoms with Crippen molar-refractivity contribution in [3.63, 3.8) is 0 Å². The second kappa shape index (κ2) is 6.36. The predicted molar refractivity (Wildman–Crippen MR) is 100 cm³/mol. The Balaban J connectivity index is 1.85. The Morgan fingerprint density at radius 3 is 2.62 bits per heavy atom. The van der Waals surface area contributed by atoms with Crippen LogP contribution in [0.1, 0.15) is 16.7 Å². The second-order valence-corrected chi connectivity index (χ2v) is 8.38. The normalized spacial score (nSPS) is 18.8. The number of rotatable bonds is 3. The van der Waals surface area contributed by atoms with Gasteiger partial charge in [-0.05, 0) is 86.9 Å². The molecule has 1 aliphatic rings. The summed E-state index contributed by atoms with van der Waals surface area (Å²) in [6, 6.07) is 13.4.